The van der Waals surface area contributed by atoms with E-state index in [9.17, 15) is 24.6 Å². The average Bonchev–Trinajstić information content (AvgIpc) is 3.26. The van der Waals surface area contributed by atoms with Crippen molar-refractivity contribution in [3.8, 4) is 0 Å². The van der Waals surface area contributed by atoms with Crippen molar-refractivity contribution in [3.05, 3.63) is 12.7 Å². The van der Waals surface area contributed by atoms with Crippen molar-refractivity contribution < 1.29 is 34.1 Å². The van der Waals surface area contributed by atoms with Crippen molar-refractivity contribution in [1.29, 1.82) is 0 Å². The van der Waals surface area contributed by atoms with Crippen molar-refractivity contribution in [3.63, 3.8) is 0 Å². The number of carbonyl (C=O) groups excluding carboxylic acids is 3. The van der Waals surface area contributed by atoms with E-state index >= 15 is 0 Å². The van der Waals surface area contributed by atoms with Crippen LogP contribution in [0, 0.1) is 39.4 Å². The molecule has 0 bridgehead atoms. The molecule has 2 spiro atoms. The highest BCUT2D eigenvalue weighted by molar-refractivity contribution is 8.00. The molecule has 9 heteroatoms. The fourth-order valence-electron chi connectivity index (χ4n) is 10.1. The zero-order valence-corrected chi connectivity index (χ0v) is 27.2. The Morgan fingerprint density at radius 3 is 2.48 bits per heavy atom. The molecule has 0 radical (unpaired) electrons. The summed E-state index contributed by atoms with van der Waals surface area (Å²) in [5.74, 6) is 0.368. The fourth-order valence-corrected chi connectivity index (χ4v) is 11.2. The number of alkyl carbamates (subject to hydrolysis) is 1. The van der Waals surface area contributed by atoms with Gasteiger partial charge in [-0.25, -0.2) is 4.79 Å². The van der Waals surface area contributed by atoms with Gasteiger partial charge in [-0.2, -0.15) is 0 Å². The summed E-state index contributed by atoms with van der Waals surface area (Å²) >= 11 is 1.40. The summed E-state index contributed by atoms with van der Waals surface area (Å²) in [6, 6.07) is -0.178. The van der Waals surface area contributed by atoms with Crippen molar-refractivity contribution in [2.75, 3.05) is 5.75 Å². The number of nitrogens with one attached hydrogen (secondary N) is 1. The Morgan fingerprint density at radius 2 is 1.86 bits per heavy atom. The van der Waals surface area contributed by atoms with Crippen LogP contribution < -0.4 is 5.32 Å². The molecule has 8 nitrogen and oxygen atoms in total. The fraction of sp³-hybridized carbons (Fsp3) is 0.848. The maximum Gasteiger partial charge on any atom is 0.407 e. The number of carbonyl (C=O) groups is 3. The van der Waals surface area contributed by atoms with E-state index in [0.717, 1.165) is 12.8 Å². The molecule has 42 heavy (non-hydrogen) atoms. The molecule has 5 aliphatic carbocycles. The van der Waals surface area contributed by atoms with Gasteiger partial charge in [0.1, 0.15) is 17.5 Å². The van der Waals surface area contributed by atoms with Gasteiger partial charge in [-0.15, -0.1) is 18.3 Å². The van der Waals surface area contributed by atoms with Crippen LogP contribution in [0.2, 0.25) is 0 Å². The van der Waals surface area contributed by atoms with Gasteiger partial charge < -0.3 is 25.0 Å². The third-order valence-electron chi connectivity index (χ3n) is 12.2. The van der Waals surface area contributed by atoms with Gasteiger partial charge in [-0.3, -0.25) is 9.59 Å². The molecular formula is C33H51NO7S. The molecule has 2 unspecified atom stereocenters. The lowest BCUT2D eigenvalue weighted by atomic mass is 9.57. The van der Waals surface area contributed by atoms with Crippen LogP contribution in [-0.4, -0.2) is 69.0 Å². The summed E-state index contributed by atoms with van der Waals surface area (Å²) in [5.41, 5.74) is -2.28. The lowest BCUT2D eigenvalue weighted by molar-refractivity contribution is -0.168. The Morgan fingerprint density at radius 1 is 1.17 bits per heavy atom. The summed E-state index contributed by atoms with van der Waals surface area (Å²) in [6.45, 7) is 18.0. The number of hydrogen-bond donors (Lipinski definition) is 3. The molecule has 0 aromatic carbocycles. The minimum Gasteiger partial charge on any atom is -0.461 e. The van der Waals surface area contributed by atoms with Crippen LogP contribution in [-0.2, 0) is 19.1 Å². The van der Waals surface area contributed by atoms with Crippen LogP contribution in [0.3, 0.4) is 0 Å². The van der Waals surface area contributed by atoms with Gasteiger partial charge in [0, 0.05) is 34.0 Å². The predicted octanol–water partition coefficient (Wildman–Crippen LogP) is 5.04. The number of Topliss-reactive ketones (excluding diaryl/α,β-unsaturated/α-hetero) is 1. The number of rotatable bonds is 6. The average molecular weight is 606 g/mol. The maximum atomic E-state index is 13.5. The van der Waals surface area contributed by atoms with E-state index in [0.29, 0.717) is 37.9 Å². The van der Waals surface area contributed by atoms with Crippen LogP contribution in [0.4, 0.5) is 4.79 Å². The summed E-state index contributed by atoms with van der Waals surface area (Å²) in [6.07, 6.45) is 3.89. The molecule has 236 valence electrons. The molecule has 0 aromatic rings. The highest BCUT2D eigenvalue weighted by atomic mass is 32.2. The number of aliphatic hydroxyl groups excluding tert-OH is 2. The smallest absolute Gasteiger partial charge is 0.407 e. The first-order chi connectivity index (χ1) is 19.5. The van der Waals surface area contributed by atoms with Crippen LogP contribution in [0.15, 0.2) is 12.7 Å². The molecule has 3 N–H and O–H groups in total. The van der Waals surface area contributed by atoms with Crippen molar-refractivity contribution in [1.82, 2.24) is 5.32 Å². The van der Waals surface area contributed by atoms with Crippen molar-refractivity contribution in [2.24, 2.45) is 39.4 Å². The second kappa shape index (κ2) is 10.5. The molecule has 5 fully saturated rings. The SMILES string of the molecule is C=C[C@]1(C)C[C@@H](OC(=O)CS[C@H]2CC[C@H](NC(=O)OC(C)(C)C)C[C@@H]2O)[C@]2(C)C(C)CC34C(=O)CC[C@@]3([C@@H](C)[C@@H]1O)[C@@H]42. The number of ether oxygens (including phenoxy) is 2. The first-order valence-electron chi connectivity index (χ1n) is 15.8. The standard InChI is InChI=1S/C33H51NO7S/c1-9-30(7)16-24(31(8)18(2)15-33-23(36)12-13-32(33,27(31)33)19(3)26(30)38)40-25(37)17-42-22-11-10-20(14-21(22)35)34-28(39)41-29(4,5)6/h9,18-22,24,26-27,35,38H,1,10-17H2,2-8H3,(H,34,39)/t18?,19-,20-,21-,22-,24+,26-,27-,30+,31-,32+,33?/m0/s1. The van der Waals surface area contributed by atoms with Gasteiger partial charge in [-0.1, -0.05) is 33.8 Å². The normalized spacial score (nSPS) is 47.9. The van der Waals surface area contributed by atoms with E-state index in [4.69, 9.17) is 9.47 Å². The van der Waals surface area contributed by atoms with Gasteiger partial charge >= 0.3 is 12.1 Å². The first kappa shape index (κ1) is 31.8. The van der Waals surface area contributed by atoms with E-state index in [1.54, 1.807) is 0 Å². The highest BCUT2D eigenvalue weighted by Crippen LogP contribution is 2.91. The topological polar surface area (TPSA) is 122 Å². The van der Waals surface area contributed by atoms with Gasteiger partial charge in [-0.05, 0) is 82.5 Å². The number of aliphatic hydroxyl groups is 2. The molecule has 1 amide bonds. The van der Waals surface area contributed by atoms with E-state index < -0.39 is 40.8 Å². The second-order valence-corrected chi connectivity index (χ2v) is 16.8. The molecule has 0 aliphatic heterocycles. The second-order valence-electron chi connectivity index (χ2n) is 15.5. The van der Waals surface area contributed by atoms with Crippen LogP contribution in [0.1, 0.15) is 93.4 Å². The number of ketones is 1. The maximum absolute atomic E-state index is 13.5. The number of esters is 1. The van der Waals surface area contributed by atoms with Crippen molar-refractivity contribution in [2.45, 2.75) is 129 Å². The summed E-state index contributed by atoms with van der Waals surface area (Å²) in [7, 11) is 0. The third kappa shape index (κ3) is 4.66. The highest BCUT2D eigenvalue weighted by Gasteiger charge is 2.92. The van der Waals surface area contributed by atoms with E-state index in [2.05, 4.69) is 32.7 Å². The molecular weight excluding hydrogens is 554 g/mol. The Hall–Kier alpha value is -1.58. The van der Waals surface area contributed by atoms with Gasteiger partial charge in [0.05, 0.1) is 18.0 Å². The van der Waals surface area contributed by atoms with E-state index in [1.165, 1.54) is 11.8 Å². The molecule has 0 aromatic heterocycles. The van der Waals surface area contributed by atoms with Crippen molar-refractivity contribution >= 4 is 29.6 Å². The molecule has 5 aliphatic rings. The largest absolute Gasteiger partial charge is 0.461 e. The van der Waals surface area contributed by atoms with Gasteiger partial charge in [0.25, 0.3) is 0 Å². The summed E-state index contributed by atoms with van der Waals surface area (Å²) in [4.78, 5) is 39.1. The molecule has 0 saturated heterocycles. The molecule has 12 atom stereocenters. The summed E-state index contributed by atoms with van der Waals surface area (Å²) in [5, 5.41) is 25.2. The molecule has 5 saturated carbocycles. The zero-order valence-electron chi connectivity index (χ0n) is 26.4. The van der Waals surface area contributed by atoms with Crippen LogP contribution >= 0.6 is 11.8 Å². The Labute approximate surface area is 255 Å². The monoisotopic (exact) mass is 605 g/mol. The third-order valence-corrected chi connectivity index (χ3v) is 13.6. The zero-order chi connectivity index (χ0) is 31.0. The minimum absolute atomic E-state index is 0.0441. The van der Waals surface area contributed by atoms with E-state index in [1.807, 2.05) is 33.8 Å². The van der Waals surface area contributed by atoms with Crippen LogP contribution in [0.25, 0.3) is 0 Å². The Kier molecular flexibility index (Phi) is 7.96. The lowest BCUT2D eigenvalue weighted by Gasteiger charge is -2.51. The lowest BCUT2D eigenvalue weighted by Crippen LogP contribution is -2.53. The van der Waals surface area contributed by atoms with Crippen LogP contribution in [0.5, 0.6) is 0 Å². The number of thioether (sulfide) groups is 1. The molecule has 5 rings (SSSR count). The summed E-state index contributed by atoms with van der Waals surface area (Å²) < 4.78 is 11.7. The Balaban J connectivity index is 1.26. The molecule has 0 heterocycles. The van der Waals surface area contributed by atoms with E-state index in [-0.39, 0.29) is 51.6 Å². The Bertz CT molecular complexity index is 1140. The van der Waals surface area contributed by atoms with Gasteiger partial charge in [0.15, 0.2) is 0 Å². The first-order valence-corrected chi connectivity index (χ1v) is 16.8. The minimum atomic E-state index is -0.682. The number of amides is 1. The quantitative estimate of drug-likeness (QED) is 0.284. The number of hydrogen-bond acceptors (Lipinski definition) is 8. The predicted molar refractivity (Wildman–Crippen MR) is 162 cm³/mol. The van der Waals surface area contributed by atoms with Gasteiger partial charge in [0.2, 0.25) is 0 Å².